The van der Waals surface area contributed by atoms with Gasteiger partial charge < -0.3 is 0 Å². The van der Waals surface area contributed by atoms with E-state index < -0.39 is 0 Å². The van der Waals surface area contributed by atoms with E-state index in [1.807, 2.05) is 24.3 Å². The van der Waals surface area contributed by atoms with E-state index in [0.717, 1.165) is 10.0 Å². The Balaban J connectivity index is 2.25. The van der Waals surface area contributed by atoms with Gasteiger partial charge in [0.05, 0.1) is 6.04 Å². The molecule has 14 heavy (non-hydrogen) atoms. The number of aliphatic imine (C=N–C) groups is 1. The molecule has 72 valence electrons. The fourth-order valence-corrected chi connectivity index (χ4v) is 1.85. The van der Waals surface area contributed by atoms with Crippen LogP contribution in [-0.4, -0.2) is 6.08 Å². The van der Waals surface area contributed by atoms with E-state index in [1.54, 1.807) is 6.08 Å². The number of hydrogen-bond donors (Lipinski definition) is 0. The second-order valence-corrected chi connectivity index (χ2v) is 4.47. The first-order valence-electron chi connectivity index (χ1n) is 4.63. The topological polar surface area (TPSA) is 29.4 Å². The molecule has 1 fully saturated rings. The standard InChI is InChI=1S/C11H10BrNO/c12-10-5-3-9(4-6-10)11(13-7-14)8-1-2-8/h3-6,8,11H,1-2H2. The van der Waals surface area contributed by atoms with Gasteiger partial charge in [0.25, 0.3) is 0 Å². The molecular weight excluding hydrogens is 242 g/mol. The molecule has 1 atom stereocenters. The van der Waals surface area contributed by atoms with Gasteiger partial charge in [0.1, 0.15) is 0 Å². The van der Waals surface area contributed by atoms with E-state index >= 15 is 0 Å². The minimum absolute atomic E-state index is 0.0283. The summed E-state index contributed by atoms with van der Waals surface area (Å²) < 4.78 is 1.05. The molecule has 1 aromatic carbocycles. The summed E-state index contributed by atoms with van der Waals surface area (Å²) in [6, 6.07) is 8.00. The van der Waals surface area contributed by atoms with Crippen LogP contribution in [0.25, 0.3) is 0 Å². The molecule has 3 heteroatoms. The molecule has 2 rings (SSSR count). The highest BCUT2D eigenvalue weighted by atomic mass is 79.9. The van der Waals surface area contributed by atoms with Gasteiger partial charge in [-0.2, -0.15) is 4.99 Å². The van der Waals surface area contributed by atoms with Crippen LogP contribution in [0.15, 0.2) is 33.7 Å². The van der Waals surface area contributed by atoms with Gasteiger partial charge in [-0.1, -0.05) is 28.1 Å². The van der Waals surface area contributed by atoms with E-state index in [4.69, 9.17) is 0 Å². The number of hydrogen-bond acceptors (Lipinski definition) is 2. The van der Waals surface area contributed by atoms with Gasteiger partial charge in [-0.15, -0.1) is 0 Å². The summed E-state index contributed by atoms with van der Waals surface area (Å²) in [5, 5.41) is 0. The van der Waals surface area contributed by atoms with Crippen molar-refractivity contribution in [2.45, 2.75) is 18.9 Å². The van der Waals surface area contributed by atoms with Crippen molar-refractivity contribution in [3.63, 3.8) is 0 Å². The first-order valence-corrected chi connectivity index (χ1v) is 5.43. The van der Waals surface area contributed by atoms with Crippen molar-refractivity contribution < 1.29 is 4.79 Å². The van der Waals surface area contributed by atoms with Gasteiger partial charge in [0.15, 0.2) is 0 Å². The van der Waals surface area contributed by atoms with Crippen molar-refractivity contribution in [3.05, 3.63) is 34.3 Å². The van der Waals surface area contributed by atoms with E-state index in [9.17, 15) is 4.79 Å². The Morgan fingerprint density at radius 1 is 1.36 bits per heavy atom. The third-order valence-electron chi connectivity index (χ3n) is 2.47. The van der Waals surface area contributed by atoms with E-state index in [-0.39, 0.29) is 6.04 Å². The Morgan fingerprint density at radius 3 is 2.50 bits per heavy atom. The molecule has 0 radical (unpaired) electrons. The summed E-state index contributed by atoms with van der Waals surface area (Å²) >= 11 is 3.38. The summed E-state index contributed by atoms with van der Waals surface area (Å²) in [6.45, 7) is 0. The SMILES string of the molecule is O=C=NC(c1ccc(Br)cc1)C1CC1. The smallest absolute Gasteiger partial charge is 0.211 e. The van der Waals surface area contributed by atoms with Crippen molar-refractivity contribution >= 4 is 22.0 Å². The Kier molecular flexibility index (Phi) is 2.80. The maximum absolute atomic E-state index is 10.3. The molecule has 1 saturated carbocycles. The van der Waals surface area contributed by atoms with E-state index in [0.29, 0.717) is 5.92 Å². The number of benzene rings is 1. The fraction of sp³-hybridized carbons (Fsp3) is 0.364. The van der Waals surface area contributed by atoms with Gasteiger partial charge in [-0.3, -0.25) is 0 Å². The quantitative estimate of drug-likeness (QED) is 0.599. The predicted octanol–water partition coefficient (Wildman–Crippen LogP) is 3.24. The first kappa shape index (κ1) is 9.63. The van der Waals surface area contributed by atoms with Crippen LogP contribution < -0.4 is 0 Å². The highest BCUT2D eigenvalue weighted by Gasteiger charge is 2.32. The second kappa shape index (κ2) is 4.07. The van der Waals surface area contributed by atoms with E-state index in [1.165, 1.54) is 12.8 Å². The number of nitrogens with zero attached hydrogens (tertiary/aromatic N) is 1. The molecule has 1 aromatic rings. The van der Waals surface area contributed by atoms with Crippen molar-refractivity contribution in [2.24, 2.45) is 10.9 Å². The molecule has 2 nitrogen and oxygen atoms in total. The van der Waals surface area contributed by atoms with Gasteiger partial charge in [-0.25, -0.2) is 4.79 Å². The average Bonchev–Trinajstić information content (AvgIpc) is 2.99. The maximum atomic E-state index is 10.3. The van der Waals surface area contributed by atoms with Crippen molar-refractivity contribution in [1.29, 1.82) is 0 Å². The fourth-order valence-electron chi connectivity index (χ4n) is 1.58. The molecule has 1 unspecified atom stereocenters. The lowest BCUT2D eigenvalue weighted by Crippen LogP contribution is -1.97. The normalized spacial score (nSPS) is 17.2. The van der Waals surface area contributed by atoms with Crippen LogP contribution in [0.2, 0.25) is 0 Å². The van der Waals surface area contributed by atoms with Crippen LogP contribution in [0.4, 0.5) is 0 Å². The lowest BCUT2D eigenvalue weighted by molar-refractivity contribution is 0.550. The van der Waals surface area contributed by atoms with Crippen LogP contribution >= 0.6 is 15.9 Å². The van der Waals surface area contributed by atoms with E-state index in [2.05, 4.69) is 20.9 Å². The Morgan fingerprint density at radius 2 is 2.00 bits per heavy atom. The Hall–Kier alpha value is -0.920. The summed E-state index contributed by atoms with van der Waals surface area (Å²) in [7, 11) is 0. The molecule has 0 amide bonds. The largest absolute Gasteiger partial charge is 0.235 e. The molecule has 1 aliphatic carbocycles. The highest BCUT2D eigenvalue weighted by molar-refractivity contribution is 9.10. The summed E-state index contributed by atoms with van der Waals surface area (Å²) in [5.41, 5.74) is 1.11. The Labute approximate surface area is 91.2 Å². The molecule has 0 heterocycles. The number of isocyanates is 1. The lowest BCUT2D eigenvalue weighted by atomic mass is 10.0. The lowest BCUT2D eigenvalue weighted by Gasteiger charge is -2.08. The zero-order valence-corrected chi connectivity index (χ0v) is 9.20. The predicted molar refractivity (Wildman–Crippen MR) is 57.7 cm³/mol. The van der Waals surface area contributed by atoms with Crippen LogP contribution in [0.5, 0.6) is 0 Å². The van der Waals surface area contributed by atoms with Gasteiger partial charge in [-0.05, 0) is 36.5 Å². The number of halogens is 1. The molecule has 0 N–H and O–H groups in total. The zero-order chi connectivity index (χ0) is 9.97. The molecule has 0 bridgehead atoms. The second-order valence-electron chi connectivity index (χ2n) is 3.55. The average molecular weight is 252 g/mol. The Bertz CT molecular complexity index is 363. The van der Waals surface area contributed by atoms with Crippen molar-refractivity contribution in [3.8, 4) is 0 Å². The monoisotopic (exact) mass is 251 g/mol. The molecule has 0 spiro atoms. The minimum Gasteiger partial charge on any atom is -0.211 e. The maximum Gasteiger partial charge on any atom is 0.235 e. The summed E-state index contributed by atoms with van der Waals surface area (Å²) in [5.74, 6) is 0.553. The van der Waals surface area contributed by atoms with Gasteiger partial charge >= 0.3 is 0 Å². The number of carbonyl (C=O) groups excluding carboxylic acids is 1. The highest BCUT2D eigenvalue weighted by Crippen LogP contribution is 2.43. The minimum atomic E-state index is 0.0283. The third kappa shape index (κ3) is 2.11. The first-order chi connectivity index (χ1) is 6.81. The zero-order valence-electron chi connectivity index (χ0n) is 7.61. The third-order valence-corrected chi connectivity index (χ3v) is 3.00. The molecule has 0 saturated heterocycles. The molecule has 0 aromatic heterocycles. The molecular formula is C11H10BrNO. The van der Waals surface area contributed by atoms with Gasteiger partial charge in [0.2, 0.25) is 6.08 Å². The van der Waals surface area contributed by atoms with Crippen molar-refractivity contribution in [2.75, 3.05) is 0 Å². The van der Waals surface area contributed by atoms with Crippen LogP contribution in [-0.2, 0) is 4.79 Å². The van der Waals surface area contributed by atoms with Crippen LogP contribution in [0.3, 0.4) is 0 Å². The van der Waals surface area contributed by atoms with Crippen molar-refractivity contribution in [1.82, 2.24) is 0 Å². The molecule has 0 aliphatic heterocycles. The summed E-state index contributed by atoms with van der Waals surface area (Å²) in [4.78, 5) is 14.2. The number of rotatable bonds is 3. The molecule has 1 aliphatic rings. The summed E-state index contributed by atoms with van der Waals surface area (Å²) in [6.07, 6.45) is 4.01. The van der Waals surface area contributed by atoms with Crippen LogP contribution in [0.1, 0.15) is 24.4 Å². The van der Waals surface area contributed by atoms with Crippen LogP contribution in [0, 0.1) is 5.92 Å². The van der Waals surface area contributed by atoms with Gasteiger partial charge in [0, 0.05) is 4.47 Å².